The minimum atomic E-state index is 0.103. The van der Waals surface area contributed by atoms with Crippen molar-refractivity contribution >= 4 is 11.6 Å². The van der Waals surface area contributed by atoms with Crippen LogP contribution in [0.3, 0.4) is 0 Å². The molecule has 1 amide bonds. The Morgan fingerprint density at radius 2 is 1.85 bits per heavy atom. The number of nitrogens with one attached hydrogen (secondary N) is 1. The van der Waals surface area contributed by atoms with Crippen molar-refractivity contribution in [3.63, 3.8) is 0 Å². The van der Waals surface area contributed by atoms with E-state index in [4.69, 9.17) is 5.73 Å². The maximum atomic E-state index is 11.9. The summed E-state index contributed by atoms with van der Waals surface area (Å²) in [6.07, 6.45) is 0.509. The molecule has 112 valence electrons. The van der Waals surface area contributed by atoms with Crippen LogP contribution in [0.4, 0.5) is 5.69 Å². The zero-order valence-corrected chi connectivity index (χ0v) is 13.0. The van der Waals surface area contributed by atoms with Gasteiger partial charge in [0.2, 0.25) is 5.91 Å². The molecular formula is C16H27N3O. The second-order valence-electron chi connectivity index (χ2n) is 5.70. The van der Waals surface area contributed by atoms with Crippen LogP contribution in [0.15, 0.2) is 24.3 Å². The third kappa shape index (κ3) is 5.61. The molecule has 0 aliphatic carbocycles. The number of nitrogens with two attached hydrogens (primary N) is 1. The molecule has 0 spiro atoms. The summed E-state index contributed by atoms with van der Waals surface area (Å²) in [6.45, 7) is 7.92. The molecule has 0 aromatic heterocycles. The average molecular weight is 277 g/mol. The highest BCUT2D eigenvalue weighted by molar-refractivity contribution is 5.76. The molecule has 0 radical (unpaired) electrons. The molecule has 0 aliphatic heterocycles. The van der Waals surface area contributed by atoms with Gasteiger partial charge in [-0.3, -0.25) is 4.79 Å². The number of benzene rings is 1. The number of rotatable bonds is 7. The van der Waals surface area contributed by atoms with Gasteiger partial charge in [0, 0.05) is 31.2 Å². The number of nitrogen functional groups attached to an aromatic ring is 1. The first-order valence-electron chi connectivity index (χ1n) is 7.22. The second kappa shape index (κ2) is 7.90. The molecule has 0 heterocycles. The molecule has 0 saturated heterocycles. The van der Waals surface area contributed by atoms with E-state index in [0.29, 0.717) is 19.0 Å². The maximum absolute atomic E-state index is 11.9. The van der Waals surface area contributed by atoms with E-state index >= 15 is 0 Å². The van der Waals surface area contributed by atoms with Gasteiger partial charge in [-0.25, -0.2) is 0 Å². The maximum Gasteiger partial charge on any atom is 0.220 e. The van der Waals surface area contributed by atoms with Crippen molar-refractivity contribution in [1.82, 2.24) is 10.2 Å². The van der Waals surface area contributed by atoms with Crippen LogP contribution < -0.4 is 11.1 Å². The zero-order chi connectivity index (χ0) is 15.1. The quantitative estimate of drug-likeness (QED) is 0.751. The lowest BCUT2D eigenvalue weighted by Crippen LogP contribution is -2.36. The molecule has 1 atom stereocenters. The normalized spacial score (nSPS) is 12.7. The predicted molar refractivity (Wildman–Crippen MR) is 84.7 cm³/mol. The van der Waals surface area contributed by atoms with Crippen LogP contribution in [0.25, 0.3) is 0 Å². The number of likely N-dealkylation sites (N-methyl/N-ethyl adjacent to an activating group) is 1. The fourth-order valence-electron chi connectivity index (χ4n) is 1.92. The SMILES string of the molecule is CC(CC(=O)NCCN(C)C(C)C)c1ccc(N)cc1. The van der Waals surface area contributed by atoms with Gasteiger partial charge in [-0.15, -0.1) is 0 Å². The number of hydrogen-bond donors (Lipinski definition) is 2. The van der Waals surface area contributed by atoms with E-state index < -0.39 is 0 Å². The summed E-state index contributed by atoms with van der Waals surface area (Å²) in [5.74, 6) is 0.310. The predicted octanol–water partition coefficient (Wildman–Crippen LogP) is 2.22. The Hall–Kier alpha value is -1.55. The van der Waals surface area contributed by atoms with Gasteiger partial charge in [0.25, 0.3) is 0 Å². The first-order valence-corrected chi connectivity index (χ1v) is 7.22. The van der Waals surface area contributed by atoms with Gasteiger partial charge in [0.15, 0.2) is 0 Å². The van der Waals surface area contributed by atoms with Gasteiger partial charge in [-0.1, -0.05) is 19.1 Å². The Bertz CT molecular complexity index is 414. The number of hydrogen-bond acceptors (Lipinski definition) is 3. The summed E-state index contributed by atoms with van der Waals surface area (Å²) in [7, 11) is 2.06. The molecule has 3 N–H and O–H groups in total. The lowest BCUT2D eigenvalue weighted by atomic mass is 9.97. The zero-order valence-electron chi connectivity index (χ0n) is 13.0. The summed E-state index contributed by atoms with van der Waals surface area (Å²) in [4.78, 5) is 14.1. The second-order valence-corrected chi connectivity index (χ2v) is 5.70. The standard InChI is InChI=1S/C16H27N3O/c1-12(2)19(4)10-9-18-16(20)11-13(3)14-5-7-15(17)8-6-14/h5-8,12-13H,9-11,17H2,1-4H3,(H,18,20). The van der Waals surface area contributed by atoms with Crippen LogP contribution in [0.2, 0.25) is 0 Å². The van der Waals surface area contributed by atoms with Crippen LogP contribution >= 0.6 is 0 Å². The number of amides is 1. The molecule has 0 bridgehead atoms. The van der Waals surface area contributed by atoms with Crippen LogP contribution in [0.5, 0.6) is 0 Å². The molecule has 4 nitrogen and oxygen atoms in total. The molecule has 0 aliphatic rings. The molecule has 0 fully saturated rings. The summed E-state index contributed by atoms with van der Waals surface area (Å²) < 4.78 is 0. The Morgan fingerprint density at radius 3 is 2.40 bits per heavy atom. The Balaban J connectivity index is 2.33. The highest BCUT2D eigenvalue weighted by atomic mass is 16.1. The number of carbonyl (C=O) groups is 1. The van der Waals surface area contributed by atoms with E-state index in [1.807, 2.05) is 24.3 Å². The van der Waals surface area contributed by atoms with Gasteiger partial charge in [0.05, 0.1) is 0 Å². The molecule has 1 unspecified atom stereocenters. The minimum absolute atomic E-state index is 0.103. The highest BCUT2D eigenvalue weighted by Gasteiger charge is 2.11. The van der Waals surface area contributed by atoms with Gasteiger partial charge in [-0.05, 0) is 44.5 Å². The largest absolute Gasteiger partial charge is 0.399 e. The number of nitrogens with zero attached hydrogens (tertiary/aromatic N) is 1. The van der Waals surface area contributed by atoms with Crippen molar-refractivity contribution in [3.8, 4) is 0 Å². The minimum Gasteiger partial charge on any atom is -0.399 e. The van der Waals surface area contributed by atoms with Crippen LogP contribution in [-0.2, 0) is 4.79 Å². The van der Waals surface area contributed by atoms with Crippen molar-refractivity contribution in [2.24, 2.45) is 0 Å². The Labute approximate surface area is 122 Å². The van der Waals surface area contributed by atoms with E-state index in [1.54, 1.807) is 0 Å². The van der Waals surface area contributed by atoms with Crippen LogP contribution in [0.1, 0.15) is 38.7 Å². The monoisotopic (exact) mass is 277 g/mol. The summed E-state index contributed by atoms with van der Waals surface area (Å²) >= 11 is 0. The number of carbonyl (C=O) groups excluding carboxylic acids is 1. The lowest BCUT2D eigenvalue weighted by molar-refractivity contribution is -0.121. The first kappa shape index (κ1) is 16.5. The van der Waals surface area contributed by atoms with Gasteiger partial charge in [-0.2, -0.15) is 0 Å². The van der Waals surface area contributed by atoms with E-state index in [-0.39, 0.29) is 11.8 Å². The molecule has 1 aromatic rings. The number of anilines is 1. The van der Waals surface area contributed by atoms with Crippen molar-refractivity contribution in [2.75, 3.05) is 25.9 Å². The van der Waals surface area contributed by atoms with Crippen molar-refractivity contribution in [3.05, 3.63) is 29.8 Å². The topological polar surface area (TPSA) is 58.4 Å². The fraction of sp³-hybridized carbons (Fsp3) is 0.562. The van der Waals surface area contributed by atoms with E-state index in [0.717, 1.165) is 17.8 Å². The average Bonchev–Trinajstić information content (AvgIpc) is 2.39. The van der Waals surface area contributed by atoms with Gasteiger partial charge >= 0.3 is 0 Å². The Kier molecular flexibility index (Phi) is 6.52. The van der Waals surface area contributed by atoms with E-state index in [9.17, 15) is 4.79 Å². The van der Waals surface area contributed by atoms with Crippen LogP contribution in [-0.4, -0.2) is 37.0 Å². The molecule has 1 aromatic carbocycles. The fourth-order valence-corrected chi connectivity index (χ4v) is 1.92. The summed E-state index contributed by atoms with van der Waals surface area (Å²) in [5.41, 5.74) is 7.56. The highest BCUT2D eigenvalue weighted by Crippen LogP contribution is 2.19. The third-order valence-corrected chi connectivity index (χ3v) is 3.67. The van der Waals surface area contributed by atoms with Gasteiger partial charge in [0.1, 0.15) is 0 Å². The van der Waals surface area contributed by atoms with E-state index in [2.05, 4.69) is 38.0 Å². The molecule has 4 heteroatoms. The smallest absolute Gasteiger partial charge is 0.220 e. The lowest BCUT2D eigenvalue weighted by Gasteiger charge is -2.21. The molecule has 1 rings (SSSR count). The van der Waals surface area contributed by atoms with Crippen molar-refractivity contribution in [2.45, 2.75) is 39.2 Å². The van der Waals surface area contributed by atoms with Crippen molar-refractivity contribution in [1.29, 1.82) is 0 Å². The van der Waals surface area contributed by atoms with Crippen molar-refractivity contribution < 1.29 is 4.79 Å². The summed E-state index contributed by atoms with van der Waals surface area (Å²) in [5, 5.41) is 2.98. The third-order valence-electron chi connectivity index (χ3n) is 3.67. The first-order chi connectivity index (χ1) is 9.40. The summed E-state index contributed by atoms with van der Waals surface area (Å²) in [6, 6.07) is 8.23. The van der Waals surface area contributed by atoms with E-state index in [1.165, 1.54) is 0 Å². The van der Waals surface area contributed by atoms with Crippen LogP contribution in [0, 0.1) is 0 Å². The van der Waals surface area contributed by atoms with Gasteiger partial charge < -0.3 is 16.0 Å². The molecular weight excluding hydrogens is 250 g/mol. The molecule has 0 saturated carbocycles. The molecule has 20 heavy (non-hydrogen) atoms. The Morgan fingerprint density at radius 1 is 1.25 bits per heavy atom.